The molecule has 4 nitrogen and oxygen atoms in total. The SMILES string of the molecule is NC(c1noc(C2CC2c2ccccc2)n1)C1CC1. The standard InChI is InChI=1S/C15H17N3O/c16-13(10-6-7-10)14-17-15(19-18-14)12-8-11(12)9-4-2-1-3-5-9/h1-5,10-13H,6-8,16H2. The van der Waals surface area contributed by atoms with Crippen LogP contribution in [0.15, 0.2) is 34.9 Å². The zero-order valence-electron chi connectivity index (χ0n) is 10.7. The van der Waals surface area contributed by atoms with Crippen molar-refractivity contribution < 1.29 is 4.52 Å². The van der Waals surface area contributed by atoms with E-state index in [4.69, 9.17) is 10.3 Å². The summed E-state index contributed by atoms with van der Waals surface area (Å²) < 4.78 is 5.40. The largest absolute Gasteiger partial charge is 0.339 e. The Labute approximate surface area is 112 Å². The van der Waals surface area contributed by atoms with E-state index in [0.717, 1.165) is 12.3 Å². The zero-order chi connectivity index (χ0) is 12.8. The second kappa shape index (κ2) is 4.17. The molecule has 4 rings (SSSR count). The number of aromatic nitrogens is 2. The van der Waals surface area contributed by atoms with Crippen LogP contribution in [0.25, 0.3) is 0 Å². The summed E-state index contributed by atoms with van der Waals surface area (Å²) in [4.78, 5) is 4.51. The average molecular weight is 255 g/mol. The van der Waals surface area contributed by atoms with E-state index in [-0.39, 0.29) is 6.04 Å². The van der Waals surface area contributed by atoms with E-state index in [1.807, 2.05) is 6.07 Å². The Bertz CT molecular complexity index is 576. The lowest BCUT2D eigenvalue weighted by Gasteiger charge is -2.01. The van der Waals surface area contributed by atoms with Crippen LogP contribution in [0.1, 0.15) is 54.4 Å². The normalized spacial score (nSPS) is 27.2. The molecule has 19 heavy (non-hydrogen) atoms. The topological polar surface area (TPSA) is 64.9 Å². The molecule has 2 fully saturated rings. The van der Waals surface area contributed by atoms with Gasteiger partial charge in [-0.25, -0.2) is 0 Å². The second-order valence-corrected chi connectivity index (χ2v) is 5.71. The molecular formula is C15H17N3O. The fourth-order valence-electron chi connectivity index (χ4n) is 2.74. The van der Waals surface area contributed by atoms with Crippen LogP contribution in [-0.4, -0.2) is 10.1 Å². The average Bonchev–Trinajstić information content (AvgIpc) is 3.37. The van der Waals surface area contributed by atoms with Gasteiger partial charge in [0, 0.05) is 5.92 Å². The van der Waals surface area contributed by atoms with Crippen LogP contribution >= 0.6 is 0 Å². The lowest BCUT2D eigenvalue weighted by molar-refractivity contribution is 0.367. The molecule has 0 amide bonds. The molecule has 0 saturated heterocycles. The lowest BCUT2D eigenvalue weighted by Crippen LogP contribution is -2.14. The van der Waals surface area contributed by atoms with Crippen molar-refractivity contribution in [3.05, 3.63) is 47.6 Å². The maximum Gasteiger partial charge on any atom is 0.230 e. The van der Waals surface area contributed by atoms with Gasteiger partial charge >= 0.3 is 0 Å². The van der Waals surface area contributed by atoms with Gasteiger partial charge in [0.2, 0.25) is 5.89 Å². The molecule has 0 bridgehead atoms. The van der Waals surface area contributed by atoms with Crippen LogP contribution < -0.4 is 5.73 Å². The molecular weight excluding hydrogens is 238 g/mol. The van der Waals surface area contributed by atoms with Crippen molar-refractivity contribution in [1.82, 2.24) is 10.1 Å². The minimum absolute atomic E-state index is 0.0357. The van der Waals surface area contributed by atoms with Crippen molar-refractivity contribution in [3.8, 4) is 0 Å². The molecule has 98 valence electrons. The van der Waals surface area contributed by atoms with Crippen molar-refractivity contribution in [2.75, 3.05) is 0 Å². The Balaban J connectivity index is 1.49. The van der Waals surface area contributed by atoms with E-state index in [1.165, 1.54) is 18.4 Å². The minimum atomic E-state index is -0.0357. The Morgan fingerprint density at radius 3 is 2.68 bits per heavy atom. The van der Waals surface area contributed by atoms with E-state index < -0.39 is 0 Å². The maximum absolute atomic E-state index is 6.09. The molecule has 0 spiro atoms. The third kappa shape index (κ3) is 2.06. The van der Waals surface area contributed by atoms with Gasteiger partial charge < -0.3 is 10.3 Å². The Kier molecular flexibility index (Phi) is 2.45. The minimum Gasteiger partial charge on any atom is -0.339 e. The van der Waals surface area contributed by atoms with Gasteiger partial charge in [-0.05, 0) is 36.7 Å². The van der Waals surface area contributed by atoms with Crippen molar-refractivity contribution in [2.45, 2.75) is 37.1 Å². The highest BCUT2D eigenvalue weighted by Crippen LogP contribution is 2.54. The van der Waals surface area contributed by atoms with Gasteiger partial charge in [-0.3, -0.25) is 0 Å². The van der Waals surface area contributed by atoms with Gasteiger partial charge in [0.15, 0.2) is 5.82 Å². The van der Waals surface area contributed by atoms with Gasteiger partial charge in [0.1, 0.15) is 0 Å². The van der Waals surface area contributed by atoms with Crippen LogP contribution in [0.4, 0.5) is 0 Å². The van der Waals surface area contributed by atoms with Gasteiger partial charge in [0.05, 0.1) is 6.04 Å². The second-order valence-electron chi connectivity index (χ2n) is 5.71. The molecule has 4 heteroatoms. The van der Waals surface area contributed by atoms with E-state index in [2.05, 4.69) is 34.4 Å². The number of nitrogens with zero attached hydrogens (tertiary/aromatic N) is 2. The zero-order valence-corrected chi connectivity index (χ0v) is 10.7. The molecule has 0 aliphatic heterocycles. The molecule has 3 atom stereocenters. The number of hydrogen-bond donors (Lipinski definition) is 1. The molecule has 1 heterocycles. The molecule has 2 aliphatic carbocycles. The Morgan fingerprint density at radius 2 is 1.95 bits per heavy atom. The first-order chi connectivity index (χ1) is 9.33. The van der Waals surface area contributed by atoms with Crippen molar-refractivity contribution in [1.29, 1.82) is 0 Å². The predicted molar refractivity (Wildman–Crippen MR) is 70.5 cm³/mol. The van der Waals surface area contributed by atoms with Crippen molar-refractivity contribution in [2.24, 2.45) is 11.7 Å². The molecule has 2 aromatic rings. The number of nitrogens with two attached hydrogens (primary N) is 1. The summed E-state index contributed by atoms with van der Waals surface area (Å²) in [7, 11) is 0. The number of rotatable bonds is 4. The van der Waals surface area contributed by atoms with Crippen molar-refractivity contribution >= 4 is 0 Å². The summed E-state index contributed by atoms with van der Waals surface area (Å²) in [6.07, 6.45) is 3.49. The van der Waals surface area contributed by atoms with E-state index >= 15 is 0 Å². The fraction of sp³-hybridized carbons (Fsp3) is 0.467. The van der Waals surface area contributed by atoms with Crippen LogP contribution in [-0.2, 0) is 0 Å². The van der Waals surface area contributed by atoms with Crippen LogP contribution in [0, 0.1) is 5.92 Å². The Morgan fingerprint density at radius 1 is 1.16 bits per heavy atom. The summed E-state index contributed by atoms with van der Waals surface area (Å²) in [6.45, 7) is 0. The van der Waals surface area contributed by atoms with Gasteiger partial charge in [0.25, 0.3) is 0 Å². The fourth-order valence-corrected chi connectivity index (χ4v) is 2.74. The molecule has 2 saturated carbocycles. The van der Waals surface area contributed by atoms with E-state index in [1.54, 1.807) is 0 Å². The van der Waals surface area contributed by atoms with E-state index in [9.17, 15) is 0 Å². The third-order valence-electron chi connectivity index (χ3n) is 4.22. The van der Waals surface area contributed by atoms with E-state index in [0.29, 0.717) is 23.6 Å². The first kappa shape index (κ1) is 11.2. The molecule has 0 radical (unpaired) electrons. The summed E-state index contributed by atoms with van der Waals surface area (Å²) >= 11 is 0. The molecule has 1 aromatic carbocycles. The van der Waals surface area contributed by atoms with Crippen LogP contribution in [0.2, 0.25) is 0 Å². The summed E-state index contributed by atoms with van der Waals surface area (Å²) in [5.74, 6) is 2.94. The van der Waals surface area contributed by atoms with Crippen LogP contribution in [0.5, 0.6) is 0 Å². The summed E-state index contributed by atoms with van der Waals surface area (Å²) in [5, 5.41) is 4.06. The highest BCUT2D eigenvalue weighted by Gasteiger charge is 2.44. The molecule has 2 aliphatic rings. The van der Waals surface area contributed by atoms with Crippen LogP contribution in [0.3, 0.4) is 0 Å². The first-order valence-corrected chi connectivity index (χ1v) is 6.97. The monoisotopic (exact) mass is 255 g/mol. The highest BCUT2D eigenvalue weighted by molar-refractivity contribution is 5.30. The van der Waals surface area contributed by atoms with Crippen molar-refractivity contribution in [3.63, 3.8) is 0 Å². The smallest absolute Gasteiger partial charge is 0.230 e. The number of hydrogen-bond acceptors (Lipinski definition) is 4. The summed E-state index contributed by atoms with van der Waals surface area (Å²) in [5.41, 5.74) is 7.45. The molecule has 1 aromatic heterocycles. The van der Waals surface area contributed by atoms with Gasteiger partial charge in [-0.1, -0.05) is 35.5 Å². The predicted octanol–water partition coefficient (Wildman–Crippen LogP) is 2.75. The first-order valence-electron chi connectivity index (χ1n) is 6.97. The number of benzene rings is 1. The third-order valence-corrected chi connectivity index (χ3v) is 4.22. The van der Waals surface area contributed by atoms with Gasteiger partial charge in [-0.2, -0.15) is 4.98 Å². The highest BCUT2D eigenvalue weighted by atomic mass is 16.5. The lowest BCUT2D eigenvalue weighted by atomic mass is 10.1. The molecule has 2 N–H and O–H groups in total. The quantitative estimate of drug-likeness (QED) is 0.912. The molecule has 3 unspecified atom stereocenters. The van der Waals surface area contributed by atoms with Gasteiger partial charge in [-0.15, -0.1) is 0 Å². The summed E-state index contributed by atoms with van der Waals surface area (Å²) in [6, 6.07) is 10.5. The Hall–Kier alpha value is -1.68. The maximum atomic E-state index is 6.09.